The molecule has 3 rings (SSSR count). The van der Waals surface area contributed by atoms with Gasteiger partial charge in [0.2, 0.25) is 0 Å². The Bertz CT molecular complexity index is 863. The van der Waals surface area contributed by atoms with Crippen molar-refractivity contribution in [1.29, 1.82) is 0 Å². The zero-order valence-corrected chi connectivity index (χ0v) is 12.4. The number of aromatic nitrogens is 2. The van der Waals surface area contributed by atoms with Crippen LogP contribution in [0.2, 0.25) is 0 Å². The maximum atomic E-state index is 10.5. The lowest BCUT2D eigenvalue weighted by atomic mass is 10.2. The summed E-state index contributed by atoms with van der Waals surface area (Å²) in [5, 5.41) is 9.19. The zero-order chi connectivity index (χ0) is 15.2. The number of thiophene rings is 1. The van der Waals surface area contributed by atoms with Gasteiger partial charge in [-0.2, -0.15) is 0 Å². The normalized spacial score (nSPS) is 10.0. The molecule has 2 heterocycles. The first-order valence-corrected chi connectivity index (χ1v) is 7.59. The van der Waals surface area contributed by atoms with E-state index in [1.54, 1.807) is 35.9 Å². The fourth-order valence-corrected chi connectivity index (χ4v) is 2.71. The van der Waals surface area contributed by atoms with Gasteiger partial charge in [-0.25, -0.2) is 9.97 Å². The average molecular weight is 308 g/mol. The van der Waals surface area contributed by atoms with Gasteiger partial charge in [-0.15, -0.1) is 16.2 Å². The van der Waals surface area contributed by atoms with E-state index in [1.165, 1.54) is 0 Å². The summed E-state index contributed by atoms with van der Waals surface area (Å²) < 4.78 is 0. The minimum Gasteiger partial charge on any atom is -0.368 e. The number of rotatable bonds is 4. The topological polar surface area (TPSA) is 67.2 Å². The highest BCUT2D eigenvalue weighted by molar-refractivity contribution is 7.16. The number of hydrogen-bond acceptors (Lipinski definition) is 6. The smallest absolute Gasteiger partial charge is 0.138 e. The molecule has 0 aliphatic rings. The minimum absolute atomic E-state index is 0.394. The van der Waals surface area contributed by atoms with Crippen LogP contribution in [0.1, 0.15) is 12.0 Å². The van der Waals surface area contributed by atoms with Gasteiger partial charge in [0.15, 0.2) is 0 Å². The molecule has 0 radical (unpaired) electrons. The molecule has 5 nitrogen and oxygen atoms in total. The molecule has 2 aromatic heterocycles. The fourth-order valence-electron chi connectivity index (χ4n) is 1.98. The van der Waals surface area contributed by atoms with Gasteiger partial charge in [-0.05, 0) is 34.8 Å². The van der Waals surface area contributed by atoms with Gasteiger partial charge in [-0.3, -0.25) is 0 Å². The third-order valence-electron chi connectivity index (χ3n) is 2.99. The van der Waals surface area contributed by atoms with E-state index in [4.69, 9.17) is 0 Å². The Labute approximate surface area is 131 Å². The van der Waals surface area contributed by atoms with Crippen molar-refractivity contribution in [3.8, 4) is 11.8 Å². The van der Waals surface area contributed by atoms with Crippen LogP contribution in [-0.2, 0) is 0 Å². The third kappa shape index (κ3) is 3.27. The number of nitroso groups, excluding NO2 is 1. The Morgan fingerprint density at radius 3 is 3.14 bits per heavy atom. The Kier molecular flexibility index (Phi) is 4.37. The summed E-state index contributed by atoms with van der Waals surface area (Å²) in [6.07, 6.45) is 2.24. The van der Waals surface area contributed by atoms with Crippen molar-refractivity contribution >= 4 is 33.1 Å². The molecule has 0 unspecified atom stereocenters. The van der Waals surface area contributed by atoms with Crippen molar-refractivity contribution in [2.75, 3.05) is 11.9 Å². The lowest BCUT2D eigenvalue weighted by Crippen LogP contribution is -2.02. The van der Waals surface area contributed by atoms with Crippen LogP contribution < -0.4 is 5.32 Å². The first kappa shape index (κ1) is 14.2. The van der Waals surface area contributed by atoms with Crippen molar-refractivity contribution < 1.29 is 0 Å². The van der Waals surface area contributed by atoms with Crippen LogP contribution in [0.3, 0.4) is 0 Å². The first-order valence-electron chi connectivity index (χ1n) is 6.71. The third-order valence-corrected chi connectivity index (χ3v) is 3.81. The van der Waals surface area contributed by atoms with Gasteiger partial charge in [0.05, 0.1) is 5.39 Å². The van der Waals surface area contributed by atoms with Crippen LogP contribution >= 0.6 is 11.3 Å². The van der Waals surface area contributed by atoms with E-state index in [0.29, 0.717) is 18.7 Å². The van der Waals surface area contributed by atoms with Gasteiger partial charge < -0.3 is 5.32 Å². The van der Waals surface area contributed by atoms with Crippen LogP contribution in [0.5, 0.6) is 0 Å². The molecule has 0 aliphatic carbocycles. The summed E-state index contributed by atoms with van der Waals surface area (Å²) in [6, 6.07) is 8.96. The lowest BCUT2D eigenvalue weighted by Gasteiger charge is -2.03. The maximum absolute atomic E-state index is 10.5. The van der Waals surface area contributed by atoms with E-state index in [1.807, 2.05) is 17.5 Å². The van der Waals surface area contributed by atoms with Crippen LogP contribution in [0.25, 0.3) is 10.2 Å². The molecule has 22 heavy (non-hydrogen) atoms. The molecule has 1 aromatic carbocycles. The Hall–Kier alpha value is -2.78. The molecule has 0 fully saturated rings. The molecule has 0 spiro atoms. The van der Waals surface area contributed by atoms with E-state index in [2.05, 4.69) is 32.3 Å². The van der Waals surface area contributed by atoms with Gasteiger partial charge in [0.1, 0.15) is 22.7 Å². The molecular weight excluding hydrogens is 296 g/mol. The molecular formula is C16H12N4OS. The largest absolute Gasteiger partial charge is 0.368 e. The number of nitrogens with zero attached hydrogens (tertiary/aromatic N) is 3. The molecule has 3 aromatic rings. The molecule has 0 saturated heterocycles. The molecule has 0 bridgehead atoms. The van der Waals surface area contributed by atoms with Crippen LogP contribution in [0.15, 0.2) is 47.2 Å². The Morgan fingerprint density at radius 2 is 2.23 bits per heavy atom. The monoisotopic (exact) mass is 308 g/mol. The van der Waals surface area contributed by atoms with Crippen LogP contribution in [0, 0.1) is 16.7 Å². The van der Waals surface area contributed by atoms with Crippen LogP contribution in [0.4, 0.5) is 11.5 Å². The van der Waals surface area contributed by atoms with Gasteiger partial charge >= 0.3 is 0 Å². The molecule has 1 N–H and O–H groups in total. The highest BCUT2D eigenvalue weighted by Gasteiger charge is 2.02. The van der Waals surface area contributed by atoms with Gasteiger partial charge in [-0.1, -0.05) is 17.9 Å². The van der Waals surface area contributed by atoms with E-state index < -0.39 is 0 Å². The predicted molar refractivity (Wildman–Crippen MR) is 89.3 cm³/mol. The van der Waals surface area contributed by atoms with Crippen molar-refractivity contribution in [1.82, 2.24) is 9.97 Å². The highest BCUT2D eigenvalue weighted by Crippen LogP contribution is 2.23. The quantitative estimate of drug-likeness (QED) is 0.450. The van der Waals surface area contributed by atoms with Gasteiger partial charge in [0.25, 0.3) is 0 Å². The predicted octanol–water partition coefficient (Wildman–Crippen LogP) is 3.94. The summed E-state index contributed by atoms with van der Waals surface area (Å²) in [5.41, 5.74) is 1.19. The molecule has 0 saturated carbocycles. The number of anilines is 1. The summed E-state index contributed by atoms with van der Waals surface area (Å²) in [7, 11) is 0. The molecule has 0 aliphatic heterocycles. The first-order chi connectivity index (χ1) is 10.9. The molecule has 0 atom stereocenters. The molecule has 108 valence electrons. The zero-order valence-electron chi connectivity index (χ0n) is 11.6. The second-order valence-corrected chi connectivity index (χ2v) is 5.38. The SMILES string of the molecule is O=Nc1cccc(C#CCCNc2ncnc3sccc23)c1. The average Bonchev–Trinajstić information content (AvgIpc) is 3.04. The lowest BCUT2D eigenvalue weighted by molar-refractivity contribution is 1.07. The summed E-state index contributed by atoms with van der Waals surface area (Å²) >= 11 is 1.59. The summed E-state index contributed by atoms with van der Waals surface area (Å²) in [5.74, 6) is 6.92. The standard InChI is InChI=1S/C16H12N4OS/c21-20-13-6-3-5-12(10-13)4-1-2-8-17-15-14-7-9-22-16(14)19-11-18-15/h3,5-7,9-11H,2,8H2,(H,17,18,19). The molecule has 6 heteroatoms. The summed E-state index contributed by atoms with van der Waals surface area (Å²) in [6.45, 7) is 0.695. The number of fused-ring (bicyclic) bond motifs is 1. The highest BCUT2D eigenvalue weighted by atomic mass is 32.1. The van der Waals surface area contributed by atoms with E-state index in [9.17, 15) is 4.91 Å². The van der Waals surface area contributed by atoms with E-state index in [-0.39, 0.29) is 0 Å². The van der Waals surface area contributed by atoms with Crippen LogP contribution in [-0.4, -0.2) is 16.5 Å². The van der Waals surface area contributed by atoms with Crippen molar-refractivity contribution in [3.63, 3.8) is 0 Å². The number of benzene rings is 1. The van der Waals surface area contributed by atoms with Crippen molar-refractivity contribution in [2.24, 2.45) is 5.18 Å². The van der Waals surface area contributed by atoms with Crippen molar-refractivity contribution in [3.05, 3.63) is 52.5 Å². The Morgan fingerprint density at radius 1 is 1.27 bits per heavy atom. The van der Waals surface area contributed by atoms with E-state index in [0.717, 1.165) is 21.6 Å². The number of nitrogens with one attached hydrogen (secondary N) is 1. The minimum atomic E-state index is 0.394. The van der Waals surface area contributed by atoms with Crippen molar-refractivity contribution in [2.45, 2.75) is 6.42 Å². The second-order valence-electron chi connectivity index (χ2n) is 4.48. The number of hydrogen-bond donors (Lipinski definition) is 1. The maximum Gasteiger partial charge on any atom is 0.138 e. The Balaban J connectivity index is 1.59. The summed E-state index contributed by atoms with van der Waals surface area (Å²) in [4.78, 5) is 19.9. The fraction of sp³-hybridized carbons (Fsp3) is 0.125. The van der Waals surface area contributed by atoms with E-state index >= 15 is 0 Å². The van der Waals surface area contributed by atoms with Gasteiger partial charge in [0, 0.05) is 18.5 Å². The second kappa shape index (κ2) is 6.78. The molecule has 0 amide bonds.